The van der Waals surface area contributed by atoms with Crippen molar-refractivity contribution in [1.29, 1.82) is 0 Å². The maximum atomic E-state index is 11.9. The number of carbonyl (C=O) groups excluding carboxylic acids is 2. The molecule has 0 saturated carbocycles. The van der Waals surface area contributed by atoms with E-state index in [1.165, 1.54) is 18.3 Å². The van der Waals surface area contributed by atoms with E-state index in [1.54, 1.807) is 24.3 Å². The first kappa shape index (κ1) is 13.4. The summed E-state index contributed by atoms with van der Waals surface area (Å²) in [5.74, 6) is -0.232. The first-order chi connectivity index (χ1) is 9.06. The predicted octanol–water partition coefficient (Wildman–Crippen LogP) is 2.84. The van der Waals surface area contributed by atoms with Gasteiger partial charge in [0.25, 0.3) is 0 Å². The fourth-order valence-corrected chi connectivity index (χ4v) is 2.49. The third-order valence-corrected chi connectivity index (χ3v) is 3.53. The number of nitrogens with zero attached hydrogens (tertiary/aromatic N) is 1. The molecule has 0 radical (unpaired) electrons. The Bertz CT molecular complexity index is 619. The van der Waals surface area contributed by atoms with Gasteiger partial charge in [0.1, 0.15) is 5.01 Å². The number of para-hydroxylation sites is 1. The second-order valence-electron chi connectivity index (χ2n) is 4.21. The Morgan fingerprint density at radius 1 is 1.32 bits per heavy atom. The van der Waals surface area contributed by atoms with Crippen molar-refractivity contribution >= 4 is 28.7 Å². The highest BCUT2D eigenvalue weighted by molar-refractivity contribution is 7.09. The van der Waals surface area contributed by atoms with Crippen molar-refractivity contribution in [2.24, 2.45) is 0 Å². The smallest absolute Gasteiger partial charge is 0.231 e. The van der Waals surface area contributed by atoms with E-state index in [0.717, 1.165) is 10.7 Å². The van der Waals surface area contributed by atoms with Gasteiger partial charge in [-0.3, -0.25) is 9.59 Å². The van der Waals surface area contributed by atoms with Crippen LogP contribution in [0.15, 0.2) is 29.6 Å². The number of rotatable bonds is 4. The number of carbonyl (C=O) groups is 2. The van der Waals surface area contributed by atoms with Gasteiger partial charge in [-0.25, -0.2) is 4.98 Å². The molecule has 0 saturated heterocycles. The Kier molecular flexibility index (Phi) is 4.06. The number of benzene rings is 1. The molecular formula is C14H14N2O2S. The van der Waals surface area contributed by atoms with E-state index in [1.807, 2.05) is 12.3 Å². The van der Waals surface area contributed by atoms with E-state index in [2.05, 4.69) is 10.3 Å². The lowest BCUT2D eigenvalue weighted by Gasteiger charge is -2.07. The quantitative estimate of drug-likeness (QED) is 0.872. The number of hydrogen-bond acceptors (Lipinski definition) is 4. The zero-order chi connectivity index (χ0) is 13.8. The lowest BCUT2D eigenvalue weighted by atomic mass is 10.1. The first-order valence-electron chi connectivity index (χ1n) is 5.87. The van der Waals surface area contributed by atoms with Crippen LogP contribution in [0, 0.1) is 6.92 Å². The Balaban J connectivity index is 2.09. The molecule has 1 aromatic heterocycles. The molecular weight excluding hydrogens is 260 g/mol. The van der Waals surface area contributed by atoms with Gasteiger partial charge in [-0.05, 0) is 26.0 Å². The molecule has 0 spiro atoms. The van der Waals surface area contributed by atoms with Crippen LogP contribution in [0.25, 0.3) is 0 Å². The summed E-state index contributed by atoms with van der Waals surface area (Å²) >= 11 is 1.46. The van der Waals surface area contributed by atoms with E-state index >= 15 is 0 Å². The van der Waals surface area contributed by atoms with Crippen molar-refractivity contribution < 1.29 is 9.59 Å². The molecule has 0 atom stereocenters. The Hall–Kier alpha value is -2.01. The minimum Gasteiger partial charge on any atom is -0.325 e. The van der Waals surface area contributed by atoms with Gasteiger partial charge in [-0.2, -0.15) is 0 Å². The van der Waals surface area contributed by atoms with Crippen LogP contribution in [0.4, 0.5) is 5.69 Å². The molecule has 1 amide bonds. The zero-order valence-electron chi connectivity index (χ0n) is 10.8. The summed E-state index contributed by atoms with van der Waals surface area (Å²) in [7, 11) is 0. The van der Waals surface area contributed by atoms with Crippen molar-refractivity contribution in [3.8, 4) is 0 Å². The van der Waals surface area contributed by atoms with Crippen LogP contribution in [0.1, 0.15) is 28.0 Å². The molecule has 0 aliphatic rings. The van der Waals surface area contributed by atoms with Crippen LogP contribution in [0.2, 0.25) is 0 Å². The van der Waals surface area contributed by atoms with Gasteiger partial charge in [-0.15, -0.1) is 11.3 Å². The summed E-state index contributed by atoms with van der Waals surface area (Å²) in [6.07, 6.45) is 0.227. The Labute approximate surface area is 115 Å². The van der Waals surface area contributed by atoms with Crippen LogP contribution in [0.5, 0.6) is 0 Å². The molecule has 4 nitrogen and oxygen atoms in total. The van der Waals surface area contributed by atoms with Gasteiger partial charge in [0.2, 0.25) is 5.91 Å². The molecule has 0 bridgehead atoms. The molecule has 0 aliphatic heterocycles. The first-order valence-corrected chi connectivity index (χ1v) is 6.75. The standard InChI is InChI=1S/C14H14N2O2S/c1-9-8-19-14(15-9)7-13(18)16-12-6-4-3-5-11(12)10(2)17/h3-6,8H,7H2,1-2H3,(H,16,18). The van der Waals surface area contributed by atoms with Crippen LogP contribution in [-0.2, 0) is 11.2 Å². The number of Topliss-reactive ketones (excluding diaryl/α,β-unsaturated/α-hetero) is 1. The van der Waals surface area contributed by atoms with Crippen LogP contribution >= 0.6 is 11.3 Å². The van der Waals surface area contributed by atoms with Crippen molar-refractivity contribution in [2.45, 2.75) is 20.3 Å². The molecule has 0 fully saturated rings. The number of nitrogens with one attached hydrogen (secondary N) is 1. The molecule has 98 valence electrons. The molecule has 1 aromatic carbocycles. The molecule has 1 N–H and O–H groups in total. The van der Waals surface area contributed by atoms with E-state index in [9.17, 15) is 9.59 Å². The molecule has 5 heteroatoms. The van der Waals surface area contributed by atoms with Crippen molar-refractivity contribution in [3.05, 3.63) is 45.9 Å². The SMILES string of the molecule is CC(=O)c1ccccc1NC(=O)Cc1nc(C)cs1. The fraction of sp³-hybridized carbons (Fsp3) is 0.214. The number of ketones is 1. The number of thiazole rings is 1. The number of hydrogen-bond donors (Lipinski definition) is 1. The number of amides is 1. The Morgan fingerprint density at radius 2 is 2.05 bits per heavy atom. The Morgan fingerprint density at radius 3 is 2.68 bits per heavy atom. The van der Waals surface area contributed by atoms with E-state index < -0.39 is 0 Å². The lowest BCUT2D eigenvalue weighted by Crippen LogP contribution is -2.16. The summed E-state index contributed by atoms with van der Waals surface area (Å²) < 4.78 is 0. The maximum Gasteiger partial charge on any atom is 0.231 e. The van der Waals surface area contributed by atoms with Gasteiger partial charge in [0.05, 0.1) is 12.1 Å². The van der Waals surface area contributed by atoms with Gasteiger partial charge < -0.3 is 5.32 Å². The largest absolute Gasteiger partial charge is 0.325 e. The molecule has 0 unspecified atom stereocenters. The normalized spacial score (nSPS) is 10.2. The second kappa shape index (κ2) is 5.75. The summed E-state index contributed by atoms with van der Waals surface area (Å²) in [4.78, 5) is 27.6. The second-order valence-corrected chi connectivity index (χ2v) is 5.15. The third kappa shape index (κ3) is 3.48. The highest BCUT2D eigenvalue weighted by atomic mass is 32.1. The highest BCUT2D eigenvalue weighted by Crippen LogP contribution is 2.16. The molecule has 1 heterocycles. The fourth-order valence-electron chi connectivity index (χ4n) is 1.71. The molecule has 0 aliphatic carbocycles. The van der Waals surface area contributed by atoms with Gasteiger partial charge in [0, 0.05) is 16.6 Å². The number of aromatic nitrogens is 1. The van der Waals surface area contributed by atoms with Gasteiger partial charge in [0.15, 0.2) is 5.78 Å². The van der Waals surface area contributed by atoms with Gasteiger partial charge >= 0.3 is 0 Å². The lowest BCUT2D eigenvalue weighted by molar-refractivity contribution is -0.115. The number of aryl methyl sites for hydroxylation is 1. The van der Waals surface area contributed by atoms with E-state index in [-0.39, 0.29) is 18.1 Å². The van der Waals surface area contributed by atoms with Crippen molar-refractivity contribution in [1.82, 2.24) is 4.98 Å². The topological polar surface area (TPSA) is 59.1 Å². The minimum atomic E-state index is -0.164. The maximum absolute atomic E-state index is 11.9. The predicted molar refractivity (Wildman–Crippen MR) is 75.6 cm³/mol. The van der Waals surface area contributed by atoms with E-state index in [4.69, 9.17) is 0 Å². The highest BCUT2D eigenvalue weighted by Gasteiger charge is 2.11. The summed E-state index contributed by atoms with van der Waals surface area (Å²) in [6.45, 7) is 3.37. The average Bonchev–Trinajstić information content (AvgIpc) is 2.75. The molecule has 2 aromatic rings. The number of anilines is 1. The van der Waals surface area contributed by atoms with Crippen molar-refractivity contribution in [3.63, 3.8) is 0 Å². The molecule has 19 heavy (non-hydrogen) atoms. The average molecular weight is 274 g/mol. The monoisotopic (exact) mass is 274 g/mol. The zero-order valence-corrected chi connectivity index (χ0v) is 11.6. The van der Waals surface area contributed by atoms with Crippen LogP contribution in [0.3, 0.4) is 0 Å². The third-order valence-electron chi connectivity index (χ3n) is 2.56. The summed E-state index contributed by atoms with van der Waals surface area (Å²) in [6, 6.07) is 6.99. The summed E-state index contributed by atoms with van der Waals surface area (Å²) in [5, 5.41) is 5.44. The van der Waals surface area contributed by atoms with Crippen LogP contribution in [-0.4, -0.2) is 16.7 Å². The van der Waals surface area contributed by atoms with Crippen molar-refractivity contribution in [2.75, 3.05) is 5.32 Å². The van der Waals surface area contributed by atoms with Crippen LogP contribution < -0.4 is 5.32 Å². The summed E-state index contributed by atoms with van der Waals surface area (Å²) in [5.41, 5.74) is 1.98. The minimum absolute atomic E-state index is 0.0685. The molecule has 2 rings (SSSR count). The van der Waals surface area contributed by atoms with Gasteiger partial charge in [-0.1, -0.05) is 12.1 Å². The van der Waals surface area contributed by atoms with E-state index in [0.29, 0.717) is 11.3 Å².